The molecule has 12 heavy (non-hydrogen) atoms. The van der Waals surface area contributed by atoms with Gasteiger partial charge >= 0.3 is 0 Å². The third-order valence-corrected chi connectivity index (χ3v) is 2.43. The van der Waals surface area contributed by atoms with Gasteiger partial charge in [0.2, 0.25) is 0 Å². The number of hydrogen-bond acceptors (Lipinski definition) is 3. The number of halogens is 1. The van der Waals surface area contributed by atoms with Crippen molar-refractivity contribution in [1.29, 1.82) is 0 Å². The van der Waals surface area contributed by atoms with E-state index in [0.29, 0.717) is 6.04 Å². The highest BCUT2D eigenvalue weighted by atomic mass is 35.5. The van der Waals surface area contributed by atoms with Crippen LogP contribution < -0.4 is 11.1 Å². The van der Waals surface area contributed by atoms with Crippen LogP contribution in [0.15, 0.2) is 0 Å². The molecule has 2 aliphatic rings. The van der Waals surface area contributed by atoms with Crippen LogP contribution in [-0.4, -0.2) is 31.3 Å². The van der Waals surface area contributed by atoms with Crippen LogP contribution in [0.2, 0.25) is 0 Å². The maximum absolute atomic E-state index is 5.87. The van der Waals surface area contributed by atoms with Crippen molar-refractivity contribution >= 4 is 12.4 Å². The molecular formula is C8H17ClN2O. The topological polar surface area (TPSA) is 47.3 Å². The maximum atomic E-state index is 5.87. The van der Waals surface area contributed by atoms with Gasteiger partial charge in [0.15, 0.2) is 0 Å². The quantitative estimate of drug-likeness (QED) is 0.661. The molecule has 0 aromatic rings. The summed E-state index contributed by atoms with van der Waals surface area (Å²) < 4.78 is 5.25. The van der Waals surface area contributed by atoms with Gasteiger partial charge < -0.3 is 15.8 Å². The minimum absolute atomic E-state index is 0. The monoisotopic (exact) mass is 192 g/mol. The van der Waals surface area contributed by atoms with Crippen LogP contribution in [0.4, 0.5) is 0 Å². The SMILES string of the molecule is Cl.N[C@@H]1COCC[C@H]1NC1CC1. The largest absolute Gasteiger partial charge is 0.380 e. The molecule has 0 bridgehead atoms. The van der Waals surface area contributed by atoms with E-state index in [1.165, 1.54) is 12.8 Å². The van der Waals surface area contributed by atoms with Gasteiger partial charge in [0.05, 0.1) is 6.61 Å². The molecule has 2 fully saturated rings. The van der Waals surface area contributed by atoms with Crippen molar-refractivity contribution in [3.63, 3.8) is 0 Å². The lowest BCUT2D eigenvalue weighted by Gasteiger charge is -2.29. The highest BCUT2D eigenvalue weighted by Crippen LogP contribution is 2.21. The Morgan fingerprint density at radius 1 is 1.25 bits per heavy atom. The van der Waals surface area contributed by atoms with E-state index >= 15 is 0 Å². The van der Waals surface area contributed by atoms with E-state index < -0.39 is 0 Å². The van der Waals surface area contributed by atoms with Crippen LogP contribution in [0.1, 0.15) is 19.3 Å². The standard InChI is InChI=1S/C8H16N2O.ClH/c9-7-5-11-4-3-8(7)10-6-1-2-6;/h6-8,10H,1-5,9H2;1H/t7-,8-;/m1./s1. The maximum Gasteiger partial charge on any atom is 0.0632 e. The lowest BCUT2D eigenvalue weighted by Crippen LogP contribution is -2.51. The van der Waals surface area contributed by atoms with E-state index in [2.05, 4.69) is 5.32 Å². The van der Waals surface area contributed by atoms with Crippen LogP contribution in [0.5, 0.6) is 0 Å². The summed E-state index contributed by atoms with van der Waals surface area (Å²) in [5.74, 6) is 0. The highest BCUT2D eigenvalue weighted by Gasteiger charge is 2.29. The molecule has 0 spiro atoms. The van der Waals surface area contributed by atoms with Gasteiger partial charge in [-0.1, -0.05) is 0 Å². The van der Waals surface area contributed by atoms with Crippen molar-refractivity contribution < 1.29 is 4.74 Å². The van der Waals surface area contributed by atoms with Crippen LogP contribution in [-0.2, 0) is 4.74 Å². The summed E-state index contributed by atoms with van der Waals surface area (Å²) in [5.41, 5.74) is 5.87. The molecule has 1 saturated carbocycles. The van der Waals surface area contributed by atoms with Gasteiger partial charge in [-0.2, -0.15) is 0 Å². The zero-order valence-electron chi connectivity index (χ0n) is 7.16. The van der Waals surface area contributed by atoms with Crippen molar-refractivity contribution in [2.75, 3.05) is 13.2 Å². The van der Waals surface area contributed by atoms with E-state index in [0.717, 1.165) is 25.7 Å². The molecule has 3 nitrogen and oxygen atoms in total. The summed E-state index contributed by atoms with van der Waals surface area (Å²) in [6, 6.07) is 1.49. The summed E-state index contributed by atoms with van der Waals surface area (Å²) in [6.07, 6.45) is 3.76. The molecule has 0 aromatic heterocycles. The minimum Gasteiger partial charge on any atom is -0.380 e. The molecule has 4 heteroatoms. The van der Waals surface area contributed by atoms with Gasteiger partial charge in [-0.3, -0.25) is 0 Å². The second-order valence-electron chi connectivity index (χ2n) is 3.57. The van der Waals surface area contributed by atoms with Crippen LogP contribution in [0, 0.1) is 0 Å². The fraction of sp³-hybridized carbons (Fsp3) is 1.00. The first-order valence-electron chi connectivity index (χ1n) is 4.45. The molecule has 0 unspecified atom stereocenters. The van der Waals surface area contributed by atoms with Crippen molar-refractivity contribution in [1.82, 2.24) is 5.32 Å². The zero-order valence-corrected chi connectivity index (χ0v) is 7.98. The third-order valence-electron chi connectivity index (χ3n) is 2.43. The van der Waals surface area contributed by atoms with E-state index in [4.69, 9.17) is 10.5 Å². The Bertz CT molecular complexity index is 141. The Labute approximate surface area is 79.4 Å². The normalized spacial score (nSPS) is 35.8. The molecule has 3 N–H and O–H groups in total. The van der Waals surface area contributed by atoms with Gasteiger partial charge in [-0.15, -0.1) is 12.4 Å². The smallest absolute Gasteiger partial charge is 0.0632 e. The Morgan fingerprint density at radius 2 is 2.00 bits per heavy atom. The van der Waals surface area contributed by atoms with Crippen LogP contribution >= 0.6 is 12.4 Å². The molecule has 1 saturated heterocycles. The first-order valence-corrected chi connectivity index (χ1v) is 4.45. The summed E-state index contributed by atoms with van der Waals surface area (Å²) in [4.78, 5) is 0. The molecule has 0 amide bonds. The van der Waals surface area contributed by atoms with E-state index in [1.807, 2.05) is 0 Å². The average molecular weight is 193 g/mol. The first-order chi connectivity index (χ1) is 5.36. The van der Waals surface area contributed by atoms with Crippen molar-refractivity contribution in [2.24, 2.45) is 5.73 Å². The van der Waals surface area contributed by atoms with Crippen LogP contribution in [0.3, 0.4) is 0 Å². The van der Waals surface area contributed by atoms with E-state index in [-0.39, 0.29) is 18.4 Å². The fourth-order valence-electron chi connectivity index (χ4n) is 1.52. The Morgan fingerprint density at radius 3 is 2.58 bits per heavy atom. The lowest BCUT2D eigenvalue weighted by atomic mass is 10.0. The van der Waals surface area contributed by atoms with Crippen molar-refractivity contribution in [2.45, 2.75) is 37.4 Å². The second kappa shape index (κ2) is 4.42. The first kappa shape index (κ1) is 10.3. The number of hydrogen-bond donors (Lipinski definition) is 2. The summed E-state index contributed by atoms with van der Waals surface area (Å²) in [7, 11) is 0. The number of rotatable bonds is 2. The third kappa shape index (κ3) is 2.59. The van der Waals surface area contributed by atoms with Gasteiger partial charge in [0, 0.05) is 24.7 Å². The molecule has 1 heterocycles. The molecule has 0 aromatic carbocycles. The molecule has 2 atom stereocenters. The van der Waals surface area contributed by atoms with Gasteiger partial charge in [0.1, 0.15) is 0 Å². The van der Waals surface area contributed by atoms with Gasteiger partial charge in [0.25, 0.3) is 0 Å². The molecule has 2 rings (SSSR count). The Kier molecular flexibility index (Phi) is 3.77. The van der Waals surface area contributed by atoms with Gasteiger partial charge in [-0.05, 0) is 19.3 Å². The number of ether oxygens (including phenoxy) is 1. The summed E-state index contributed by atoms with van der Waals surface area (Å²) in [6.45, 7) is 1.60. The van der Waals surface area contributed by atoms with Crippen molar-refractivity contribution in [3.05, 3.63) is 0 Å². The Hall–Kier alpha value is 0.170. The van der Waals surface area contributed by atoms with Crippen molar-refractivity contribution in [3.8, 4) is 0 Å². The minimum atomic E-state index is 0. The molecule has 1 aliphatic heterocycles. The fourth-order valence-corrected chi connectivity index (χ4v) is 1.52. The summed E-state index contributed by atoms with van der Waals surface area (Å²) in [5, 5.41) is 3.54. The van der Waals surface area contributed by atoms with E-state index in [9.17, 15) is 0 Å². The number of nitrogens with two attached hydrogens (primary N) is 1. The van der Waals surface area contributed by atoms with Crippen LogP contribution in [0.25, 0.3) is 0 Å². The predicted molar refractivity (Wildman–Crippen MR) is 50.6 cm³/mol. The van der Waals surface area contributed by atoms with E-state index in [1.54, 1.807) is 0 Å². The molecule has 0 radical (unpaired) electrons. The molecular weight excluding hydrogens is 176 g/mol. The lowest BCUT2D eigenvalue weighted by molar-refractivity contribution is 0.0615. The summed E-state index contributed by atoms with van der Waals surface area (Å²) >= 11 is 0. The number of nitrogens with one attached hydrogen (secondary N) is 1. The molecule has 1 aliphatic carbocycles. The zero-order chi connectivity index (χ0) is 7.68. The van der Waals surface area contributed by atoms with Gasteiger partial charge in [-0.25, -0.2) is 0 Å². The average Bonchev–Trinajstić information content (AvgIpc) is 2.78. The molecule has 72 valence electrons. The Balaban J connectivity index is 0.000000720. The highest BCUT2D eigenvalue weighted by molar-refractivity contribution is 5.85. The second-order valence-corrected chi connectivity index (χ2v) is 3.57. The predicted octanol–water partition coefficient (Wildman–Crippen LogP) is 0.276.